The molecule has 0 aliphatic heterocycles. The lowest BCUT2D eigenvalue weighted by molar-refractivity contribution is 0.564. The van der Waals surface area contributed by atoms with Crippen molar-refractivity contribution in [3.05, 3.63) is 43.8 Å². The number of nitrogens with one attached hydrogen (secondary N) is 1. The van der Waals surface area contributed by atoms with E-state index in [4.69, 9.17) is 5.84 Å². The summed E-state index contributed by atoms with van der Waals surface area (Å²) in [6.45, 7) is 4.38. The van der Waals surface area contributed by atoms with E-state index in [1.807, 2.05) is 22.7 Å². The van der Waals surface area contributed by atoms with E-state index in [9.17, 15) is 0 Å². The number of aryl methyl sites for hydroxylation is 2. The van der Waals surface area contributed by atoms with Crippen LogP contribution in [0.5, 0.6) is 0 Å². The Morgan fingerprint density at radius 1 is 1.00 bits per heavy atom. The summed E-state index contributed by atoms with van der Waals surface area (Å²) in [6.07, 6.45) is 3.19. The SMILES string of the molecule is CCc1ccc(CC(NN)c2ccc(CC)s2)s1. The molecule has 0 saturated heterocycles. The molecule has 2 aromatic heterocycles. The number of hydrazine groups is 1. The maximum Gasteiger partial charge on any atom is 0.0601 e. The molecule has 0 aliphatic carbocycles. The van der Waals surface area contributed by atoms with Gasteiger partial charge in [-0.25, -0.2) is 0 Å². The Bertz CT molecular complexity index is 487. The molecule has 2 heterocycles. The van der Waals surface area contributed by atoms with Crippen molar-refractivity contribution < 1.29 is 0 Å². The van der Waals surface area contributed by atoms with Crippen LogP contribution in [-0.2, 0) is 19.3 Å². The molecule has 3 N–H and O–H groups in total. The quantitative estimate of drug-likeness (QED) is 0.626. The topological polar surface area (TPSA) is 38.0 Å². The molecule has 1 atom stereocenters. The van der Waals surface area contributed by atoms with Gasteiger partial charge in [0.05, 0.1) is 6.04 Å². The van der Waals surface area contributed by atoms with Crippen molar-refractivity contribution in [2.45, 2.75) is 39.2 Å². The van der Waals surface area contributed by atoms with E-state index in [-0.39, 0.29) is 6.04 Å². The third kappa shape index (κ3) is 3.20. The minimum absolute atomic E-state index is 0.235. The Labute approximate surface area is 117 Å². The molecule has 2 nitrogen and oxygen atoms in total. The zero-order chi connectivity index (χ0) is 13.0. The standard InChI is InChI=1S/C14H20N2S2/c1-3-10-5-6-12(17-10)9-13(16-15)14-8-7-11(4-2)18-14/h5-8,13,16H,3-4,9,15H2,1-2H3. The molecule has 0 aliphatic rings. The van der Waals surface area contributed by atoms with Crippen LogP contribution >= 0.6 is 22.7 Å². The minimum atomic E-state index is 0.235. The number of rotatable bonds is 6. The first-order valence-electron chi connectivity index (χ1n) is 6.39. The predicted molar refractivity (Wildman–Crippen MR) is 81.2 cm³/mol. The van der Waals surface area contributed by atoms with Crippen LogP contribution in [0.1, 0.15) is 39.4 Å². The second-order valence-corrected chi connectivity index (χ2v) is 6.76. The van der Waals surface area contributed by atoms with Gasteiger partial charge in [-0.1, -0.05) is 13.8 Å². The molecular weight excluding hydrogens is 260 g/mol. The number of nitrogens with two attached hydrogens (primary N) is 1. The highest BCUT2D eigenvalue weighted by Gasteiger charge is 2.14. The third-order valence-electron chi connectivity index (χ3n) is 3.05. The molecule has 0 bridgehead atoms. The lowest BCUT2D eigenvalue weighted by Gasteiger charge is -2.12. The molecule has 0 saturated carbocycles. The van der Waals surface area contributed by atoms with Crippen LogP contribution in [-0.4, -0.2) is 0 Å². The van der Waals surface area contributed by atoms with Gasteiger partial charge in [-0.05, 0) is 37.1 Å². The maximum absolute atomic E-state index is 5.70. The van der Waals surface area contributed by atoms with Crippen molar-refractivity contribution >= 4 is 22.7 Å². The summed E-state index contributed by atoms with van der Waals surface area (Å²) in [7, 11) is 0. The first-order valence-corrected chi connectivity index (χ1v) is 8.02. The number of thiophene rings is 2. The highest BCUT2D eigenvalue weighted by molar-refractivity contribution is 7.12. The van der Waals surface area contributed by atoms with E-state index < -0.39 is 0 Å². The lowest BCUT2D eigenvalue weighted by atomic mass is 10.1. The van der Waals surface area contributed by atoms with E-state index in [0.29, 0.717) is 0 Å². The van der Waals surface area contributed by atoms with Crippen molar-refractivity contribution in [2.75, 3.05) is 0 Å². The molecule has 98 valence electrons. The van der Waals surface area contributed by atoms with Gasteiger partial charge in [-0.2, -0.15) is 0 Å². The Hall–Kier alpha value is -0.680. The van der Waals surface area contributed by atoms with Crippen LogP contribution in [0.3, 0.4) is 0 Å². The summed E-state index contributed by atoms with van der Waals surface area (Å²) in [5.41, 5.74) is 2.95. The molecule has 0 aromatic carbocycles. The van der Waals surface area contributed by atoms with Gasteiger partial charge in [0.15, 0.2) is 0 Å². The van der Waals surface area contributed by atoms with E-state index in [1.165, 1.54) is 19.5 Å². The largest absolute Gasteiger partial charge is 0.271 e. The monoisotopic (exact) mass is 280 g/mol. The maximum atomic E-state index is 5.70. The van der Waals surface area contributed by atoms with E-state index >= 15 is 0 Å². The highest BCUT2D eigenvalue weighted by Crippen LogP contribution is 2.28. The molecular formula is C14H20N2S2. The molecule has 4 heteroatoms. The van der Waals surface area contributed by atoms with Gasteiger partial charge in [0, 0.05) is 25.9 Å². The molecule has 0 amide bonds. The van der Waals surface area contributed by atoms with Crippen LogP contribution < -0.4 is 11.3 Å². The van der Waals surface area contributed by atoms with Crippen molar-refractivity contribution in [3.8, 4) is 0 Å². The Kier molecular flexibility index (Phi) is 4.95. The molecule has 2 aromatic rings. The van der Waals surface area contributed by atoms with Crippen LogP contribution in [0.15, 0.2) is 24.3 Å². The van der Waals surface area contributed by atoms with E-state index in [0.717, 1.165) is 19.3 Å². The molecule has 18 heavy (non-hydrogen) atoms. The zero-order valence-corrected chi connectivity index (χ0v) is 12.5. The average molecular weight is 280 g/mol. The Balaban J connectivity index is 2.08. The summed E-state index contributed by atoms with van der Waals surface area (Å²) in [5, 5.41) is 0. The molecule has 0 spiro atoms. The highest BCUT2D eigenvalue weighted by atomic mass is 32.1. The fraction of sp³-hybridized carbons (Fsp3) is 0.429. The average Bonchev–Trinajstić information content (AvgIpc) is 3.04. The van der Waals surface area contributed by atoms with E-state index in [1.54, 1.807) is 0 Å². The molecule has 1 unspecified atom stereocenters. The lowest BCUT2D eigenvalue weighted by Crippen LogP contribution is -2.28. The molecule has 2 rings (SSSR count). The van der Waals surface area contributed by atoms with Crippen molar-refractivity contribution in [3.63, 3.8) is 0 Å². The Morgan fingerprint density at radius 3 is 2.17 bits per heavy atom. The van der Waals surface area contributed by atoms with Crippen LogP contribution in [0.2, 0.25) is 0 Å². The van der Waals surface area contributed by atoms with Crippen molar-refractivity contribution in [1.82, 2.24) is 5.43 Å². The van der Waals surface area contributed by atoms with E-state index in [2.05, 4.69) is 43.5 Å². The first kappa shape index (κ1) is 13.7. The second-order valence-electron chi connectivity index (χ2n) is 4.30. The Morgan fingerprint density at radius 2 is 1.61 bits per heavy atom. The van der Waals surface area contributed by atoms with Gasteiger partial charge >= 0.3 is 0 Å². The summed E-state index contributed by atoms with van der Waals surface area (Å²) < 4.78 is 0. The third-order valence-corrected chi connectivity index (χ3v) is 5.64. The number of hydrogen-bond acceptors (Lipinski definition) is 4. The van der Waals surface area contributed by atoms with Gasteiger partial charge in [0.2, 0.25) is 0 Å². The summed E-state index contributed by atoms with van der Waals surface area (Å²) >= 11 is 3.75. The fourth-order valence-electron chi connectivity index (χ4n) is 1.94. The number of hydrogen-bond donors (Lipinski definition) is 2. The molecule has 0 fully saturated rings. The summed E-state index contributed by atoms with van der Waals surface area (Å²) in [6, 6.07) is 9.08. The van der Waals surface area contributed by atoms with Gasteiger partial charge in [0.1, 0.15) is 0 Å². The van der Waals surface area contributed by atoms with Crippen molar-refractivity contribution in [1.29, 1.82) is 0 Å². The van der Waals surface area contributed by atoms with Crippen LogP contribution in [0.25, 0.3) is 0 Å². The molecule has 0 radical (unpaired) electrons. The van der Waals surface area contributed by atoms with Gasteiger partial charge in [0.25, 0.3) is 0 Å². The smallest absolute Gasteiger partial charge is 0.0601 e. The minimum Gasteiger partial charge on any atom is -0.271 e. The zero-order valence-electron chi connectivity index (χ0n) is 10.9. The normalized spacial score (nSPS) is 12.8. The van der Waals surface area contributed by atoms with Gasteiger partial charge in [-0.3, -0.25) is 11.3 Å². The van der Waals surface area contributed by atoms with Crippen molar-refractivity contribution in [2.24, 2.45) is 5.84 Å². The fourth-order valence-corrected chi connectivity index (χ4v) is 3.95. The predicted octanol–water partition coefficient (Wildman–Crippen LogP) is 3.68. The van der Waals surface area contributed by atoms with Crippen LogP contribution in [0, 0.1) is 0 Å². The summed E-state index contributed by atoms with van der Waals surface area (Å²) in [4.78, 5) is 5.61. The second kappa shape index (κ2) is 6.48. The van der Waals surface area contributed by atoms with Crippen LogP contribution in [0.4, 0.5) is 0 Å². The summed E-state index contributed by atoms with van der Waals surface area (Å²) in [5.74, 6) is 5.70. The van der Waals surface area contributed by atoms with Gasteiger partial charge < -0.3 is 0 Å². The first-order chi connectivity index (χ1) is 8.76. The van der Waals surface area contributed by atoms with Gasteiger partial charge in [-0.15, -0.1) is 22.7 Å².